The fourth-order valence-corrected chi connectivity index (χ4v) is 3.35. The molecule has 0 N–H and O–H groups in total. The second kappa shape index (κ2) is 8.00. The van der Waals surface area contributed by atoms with Crippen molar-refractivity contribution in [1.82, 2.24) is 19.7 Å². The summed E-state index contributed by atoms with van der Waals surface area (Å²) in [5, 5.41) is 5.33. The summed E-state index contributed by atoms with van der Waals surface area (Å²) in [5.41, 5.74) is 2.73. The molecule has 4 rings (SSSR count). The van der Waals surface area contributed by atoms with Crippen LogP contribution in [0.2, 0.25) is 5.15 Å². The minimum Gasteiger partial charge on any atom is -0.457 e. The lowest BCUT2D eigenvalue weighted by Gasteiger charge is -2.09. The monoisotopic (exact) mass is 410 g/mol. The molecule has 140 valence electrons. The average Bonchev–Trinajstić information content (AvgIpc) is 3.26. The molecule has 8 heteroatoms. The summed E-state index contributed by atoms with van der Waals surface area (Å²) in [7, 11) is 0. The van der Waals surface area contributed by atoms with Crippen molar-refractivity contribution in [3.8, 4) is 5.69 Å². The first-order valence-electron chi connectivity index (χ1n) is 8.39. The zero-order chi connectivity index (χ0) is 19.5. The van der Waals surface area contributed by atoms with E-state index in [1.54, 1.807) is 47.0 Å². The fraction of sp³-hybridized carbons (Fsp3) is 0.100. The predicted molar refractivity (Wildman–Crippen MR) is 109 cm³/mol. The third-order valence-electron chi connectivity index (χ3n) is 4.20. The van der Waals surface area contributed by atoms with E-state index in [4.69, 9.17) is 16.3 Å². The van der Waals surface area contributed by atoms with Crippen LogP contribution in [0.25, 0.3) is 16.6 Å². The molecule has 0 saturated carbocycles. The zero-order valence-electron chi connectivity index (χ0n) is 14.9. The van der Waals surface area contributed by atoms with Gasteiger partial charge in [-0.2, -0.15) is 5.10 Å². The average molecular weight is 411 g/mol. The van der Waals surface area contributed by atoms with Crippen LogP contribution >= 0.6 is 23.4 Å². The van der Waals surface area contributed by atoms with Crippen LogP contribution in [0.15, 0.2) is 66.1 Å². The SMILES string of the molecule is CSc1ccc2cc(COC(=O)c3ccc(-n4cncn4)cc3)c(Cl)nc2c1. The second-order valence-corrected chi connectivity index (χ2v) is 7.20. The first-order valence-corrected chi connectivity index (χ1v) is 9.99. The van der Waals surface area contributed by atoms with Crippen molar-refractivity contribution in [1.29, 1.82) is 0 Å². The Morgan fingerprint density at radius 2 is 2.00 bits per heavy atom. The van der Waals surface area contributed by atoms with Gasteiger partial charge in [0.2, 0.25) is 0 Å². The summed E-state index contributed by atoms with van der Waals surface area (Å²) < 4.78 is 7.03. The van der Waals surface area contributed by atoms with Gasteiger partial charge in [-0.15, -0.1) is 11.8 Å². The van der Waals surface area contributed by atoms with Gasteiger partial charge >= 0.3 is 5.97 Å². The maximum Gasteiger partial charge on any atom is 0.338 e. The van der Waals surface area contributed by atoms with Gasteiger partial charge in [0.1, 0.15) is 24.4 Å². The molecule has 0 amide bonds. The zero-order valence-corrected chi connectivity index (χ0v) is 16.4. The lowest BCUT2D eigenvalue weighted by Crippen LogP contribution is -2.06. The van der Waals surface area contributed by atoms with E-state index in [-0.39, 0.29) is 6.61 Å². The molecule has 0 unspecified atom stereocenters. The summed E-state index contributed by atoms with van der Waals surface area (Å²) in [6.07, 6.45) is 5.05. The first-order chi connectivity index (χ1) is 13.6. The maximum atomic E-state index is 12.4. The molecule has 0 bridgehead atoms. The fourth-order valence-electron chi connectivity index (χ4n) is 2.71. The van der Waals surface area contributed by atoms with Crippen LogP contribution in [-0.2, 0) is 11.3 Å². The molecule has 0 atom stereocenters. The molecule has 0 spiro atoms. The van der Waals surface area contributed by atoms with E-state index in [0.29, 0.717) is 16.3 Å². The maximum absolute atomic E-state index is 12.4. The third kappa shape index (κ3) is 3.85. The van der Waals surface area contributed by atoms with Crippen molar-refractivity contribution >= 4 is 40.2 Å². The van der Waals surface area contributed by atoms with Gasteiger partial charge in [-0.3, -0.25) is 0 Å². The first kappa shape index (κ1) is 18.5. The van der Waals surface area contributed by atoms with Crippen molar-refractivity contribution < 1.29 is 9.53 Å². The third-order valence-corrected chi connectivity index (χ3v) is 5.25. The molecule has 0 fully saturated rings. The van der Waals surface area contributed by atoms with Crippen LogP contribution in [0.1, 0.15) is 15.9 Å². The summed E-state index contributed by atoms with van der Waals surface area (Å²) in [4.78, 5) is 21.8. The highest BCUT2D eigenvalue weighted by atomic mass is 35.5. The van der Waals surface area contributed by atoms with Crippen LogP contribution in [0, 0.1) is 0 Å². The van der Waals surface area contributed by atoms with Gasteiger partial charge in [0.25, 0.3) is 0 Å². The Hall–Kier alpha value is -2.90. The molecular formula is C20H15ClN4O2S. The number of pyridine rings is 1. The summed E-state index contributed by atoms with van der Waals surface area (Å²) in [6, 6.07) is 14.8. The highest BCUT2D eigenvalue weighted by Gasteiger charge is 2.11. The van der Waals surface area contributed by atoms with Crippen LogP contribution in [0.4, 0.5) is 0 Å². The summed E-state index contributed by atoms with van der Waals surface area (Å²) in [6.45, 7) is 0.0513. The molecule has 2 heterocycles. The van der Waals surface area contributed by atoms with E-state index in [9.17, 15) is 4.79 Å². The smallest absolute Gasteiger partial charge is 0.338 e. The molecule has 4 aromatic rings. The number of aromatic nitrogens is 4. The number of benzene rings is 2. The van der Waals surface area contributed by atoms with Crippen LogP contribution in [0.3, 0.4) is 0 Å². The van der Waals surface area contributed by atoms with Crippen LogP contribution < -0.4 is 0 Å². The van der Waals surface area contributed by atoms with Crippen molar-refractivity contribution in [3.05, 3.63) is 77.5 Å². The van der Waals surface area contributed by atoms with E-state index in [1.165, 1.54) is 6.33 Å². The highest BCUT2D eigenvalue weighted by Crippen LogP contribution is 2.25. The van der Waals surface area contributed by atoms with Crippen molar-refractivity contribution in [2.45, 2.75) is 11.5 Å². The number of carbonyl (C=O) groups is 1. The van der Waals surface area contributed by atoms with Crippen LogP contribution in [-0.4, -0.2) is 32.0 Å². The predicted octanol–water partition coefficient (Wildman–Crippen LogP) is 4.55. The van der Waals surface area contributed by atoms with Gasteiger partial charge < -0.3 is 4.74 Å². The van der Waals surface area contributed by atoms with E-state index < -0.39 is 5.97 Å². The summed E-state index contributed by atoms with van der Waals surface area (Å²) >= 11 is 7.93. The number of fused-ring (bicyclic) bond motifs is 1. The standard InChI is InChI=1S/C20H15ClN4O2S/c1-28-17-7-4-14-8-15(19(21)24-18(14)9-17)10-27-20(26)13-2-5-16(6-3-13)25-12-22-11-23-25/h2-9,11-12H,10H2,1H3. The molecule has 6 nitrogen and oxygen atoms in total. The molecule has 0 aliphatic rings. The van der Waals surface area contributed by atoms with Crippen molar-refractivity contribution in [2.24, 2.45) is 0 Å². The molecular weight excluding hydrogens is 396 g/mol. The number of hydrogen-bond donors (Lipinski definition) is 0. The molecule has 28 heavy (non-hydrogen) atoms. The molecule has 0 radical (unpaired) electrons. The van der Waals surface area contributed by atoms with Gasteiger partial charge in [-0.05, 0) is 48.7 Å². The number of esters is 1. The minimum absolute atomic E-state index is 0.0513. The number of carbonyl (C=O) groups excluding carboxylic acids is 1. The van der Waals surface area contributed by atoms with Crippen LogP contribution in [0.5, 0.6) is 0 Å². The number of thioether (sulfide) groups is 1. The normalized spacial score (nSPS) is 10.9. The Morgan fingerprint density at radius 1 is 1.18 bits per heavy atom. The van der Waals surface area contributed by atoms with E-state index in [0.717, 1.165) is 21.5 Å². The van der Waals surface area contributed by atoms with Crippen molar-refractivity contribution in [3.63, 3.8) is 0 Å². The van der Waals surface area contributed by atoms with E-state index in [2.05, 4.69) is 15.1 Å². The Kier molecular flexibility index (Phi) is 5.27. The number of nitrogens with zero attached hydrogens (tertiary/aromatic N) is 4. The number of ether oxygens (including phenoxy) is 1. The summed E-state index contributed by atoms with van der Waals surface area (Å²) in [5.74, 6) is -0.431. The molecule has 0 saturated heterocycles. The largest absolute Gasteiger partial charge is 0.457 e. The molecule has 0 aliphatic heterocycles. The molecule has 2 aromatic heterocycles. The lowest BCUT2D eigenvalue weighted by atomic mass is 10.1. The topological polar surface area (TPSA) is 69.9 Å². The van der Waals surface area contributed by atoms with Gasteiger partial charge in [0.15, 0.2) is 0 Å². The molecule has 0 aliphatic carbocycles. The van der Waals surface area contributed by atoms with Gasteiger partial charge in [0, 0.05) is 15.8 Å². The Labute approximate surface area is 170 Å². The number of hydrogen-bond acceptors (Lipinski definition) is 6. The van der Waals surface area contributed by atoms with E-state index >= 15 is 0 Å². The van der Waals surface area contributed by atoms with Gasteiger partial charge in [-0.25, -0.2) is 19.4 Å². The second-order valence-electron chi connectivity index (χ2n) is 5.96. The van der Waals surface area contributed by atoms with E-state index in [1.807, 2.05) is 30.5 Å². The Balaban J connectivity index is 1.47. The quantitative estimate of drug-likeness (QED) is 0.273. The Morgan fingerprint density at radius 3 is 2.71 bits per heavy atom. The molecule has 2 aromatic carbocycles. The van der Waals surface area contributed by atoms with Gasteiger partial charge in [-0.1, -0.05) is 17.7 Å². The Bertz CT molecular complexity index is 1130. The number of rotatable bonds is 5. The minimum atomic E-state index is -0.431. The highest BCUT2D eigenvalue weighted by molar-refractivity contribution is 7.98. The number of halogens is 1. The van der Waals surface area contributed by atoms with Crippen molar-refractivity contribution in [2.75, 3.05) is 6.26 Å². The lowest BCUT2D eigenvalue weighted by molar-refractivity contribution is 0.0472. The van der Waals surface area contributed by atoms with Gasteiger partial charge in [0.05, 0.1) is 16.8 Å².